The topological polar surface area (TPSA) is 57.6 Å². The van der Waals surface area contributed by atoms with Crippen LogP contribution in [0.4, 0.5) is 0 Å². The second kappa shape index (κ2) is 10.0. The summed E-state index contributed by atoms with van der Waals surface area (Å²) in [6.45, 7) is 6.22. The number of hydrogen-bond acceptors (Lipinski definition) is 3. The molecule has 0 fully saturated rings. The molecule has 0 aliphatic heterocycles. The van der Waals surface area contributed by atoms with Crippen molar-refractivity contribution in [2.75, 3.05) is 6.61 Å². The molecule has 0 aromatic heterocycles. The summed E-state index contributed by atoms with van der Waals surface area (Å²) in [6.07, 6.45) is 2.64. The molecule has 5 heteroatoms. The van der Waals surface area contributed by atoms with Crippen LogP contribution in [0.5, 0.6) is 0 Å². The second-order valence-electron chi connectivity index (χ2n) is 7.22. The molecule has 1 N–H and O–H groups in total. The fourth-order valence-corrected chi connectivity index (χ4v) is 4.98. The third-order valence-electron chi connectivity index (χ3n) is 4.98. The van der Waals surface area contributed by atoms with Gasteiger partial charge in [-0.15, -0.1) is 0 Å². The van der Waals surface area contributed by atoms with Crippen LogP contribution in [-0.4, -0.2) is 30.5 Å². The smallest absolute Gasteiger partial charge is 0.243 e. The molecule has 2 aromatic rings. The van der Waals surface area contributed by atoms with Gasteiger partial charge in [0, 0.05) is 19.2 Å². The lowest BCUT2D eigenvalue weighted by Gasteiger charge is -2.34. The van der Waals surface area contributed by atoms with Crippen LogP contribution in [0.15, 0.2) is 59.5 Å². The highest BCUT2D eigenvalue weighted by molar-refractivity contribution is 7.89. The molecular formula is C22H31NO3S. The average molecular weight is 390 g/mol. The number of rotatable bonds is 10. The van der Waals surface area contributed by atoms with Gasteiger partial charge < -0.3 is 5.11 Å². The molecule has 2 aromatic carbocycles. The Kier molecular flexibility index (Phi) is 8.02. The number of aliphatic hydroxyl groups excluding tert-OH is 1. The number of benzene rings is 2. The Morgan fingerprint density at radius 1 is 1.04 bits per heavy atom. The average Bonchev–Trinajstić information content (AvgIpc) is 2.68. The van der Waals surface area contributed by atoms with Gasteiger partial charge in [0.25, 0.3) is 0 Å². The van der Waals surface area contributed by atoms with Crippen LogP contribution < -0.4 is 0 Å². The van der Waals surface area contributed by atoms with E-state index in [0.717, 1.165) is 30.4 Å². The number of hydrogen-bond donors (Lipinski definition) is 1. The summed E-state index contributed by atoms with van der Waals surface area (Å²) in [6, 6.07) is 16.4. The Morgan fingerprint density at radius 3 is 2.22 bits per heavy atom. The highest BCUT2D eigenvalue weighted by atomic mass is 32.2. The summed E-state index contributed by atoms with van der Waals surface area (Å²) < 4.78 is 28.6. The molecule has 2 atom stereocenters. The predicted molar refractivity (Wildman–Crippen MR) is 110 cm³/mol. The van der Waals surface area contributed by atoms with Crippen LogP contribution in [0.25, 0.3) is 0 Å². The molecular weight excluding hydrogens is 358 g/mol. The van der Waals surface area contributed by atoms with Gasteiger partial charge in [-0.1, -0.05) is 74.7 Å². The van der Waals surface area contributed by atoms with Crippen LogP contribution in [0.1, 0.15) is 44.2 Å². The number of aryl methyl sites for hydroxylation is 1. The van der Waals surface area contributed by atoms with Crippen LogP contribution in [0, 0.1) is 12.8 Å². The number of aliphatic hydroxyl groups is 1. The second-order valence-corrected chi connectivity index (χ2v) is 9.11. The maximum atomic E-state index is 13.5. The largest absolute Gasteiger partial charge is 0.396 e. The molecule has 0 saturated heterocycles. The molecule has 0 unspecified atom stereocenters. The van der Waals surface area contributed by atoms with Gasteiger partial charge in [-0.3, -0.25) is 0 Å². The summed E-state index contributed by atoms with van der Waals surface area (Å²) in [7, 11) is -3.68. The first-order valence-electron chi connectivity index (χ1n) is 9.63. The monoisotopic (exact) mass is 389 g/mol. The van der Waals surface area contributed by atoms with E-state index in [0.29, 0.717) is 11.4 Å². The molecule has 0 bridgehead atoms. The summed E-state index contributed by atoms with van der Waals surface area (Å²) in [5, 5.41) is 9.77. The van der Waals surface area contributed by atoms with Crippen LogP contribution in [0.3, 0.4) is 0 Å². The van der Waals surface area contributed by atoms with Crippen molar-refractivity contribution in [2.24, 2.45) is 5.92 Å². The first-order valence-corrected chi connectivity index (χ1v) is 11.1. The lowest BCUT2D eigenvalue weighted by molar-refractivity contribution is 0.149. The Morgan fingerprint density at radius 2 is 1.67 bits per heavy atom. The van der Waals surface area contributed by atoms with E-state index >= 15 is 0 Å². The minimum Gasteiger partial charge on any atom is -0.396 e. The number of unbranched alkanes of at least 4 members (excludes halogenated alkanes) is 1. The Hall–Kier alpha value is -1.69. The molecule has 0 aliphatic rings. The van der Waals surface area contributed by atoms with Gasteiger partial charge in [0.1, 0.15) is 0 Å². The molecule has 0 radical (unpaired) electrons. The zero-order chi connectivity index (χ0) is 19.9. The summed E-state index contributed by atoms with van der Waals surface area (Å²) in [4.78, 5) is 0.302. The predicted octanol–water partition coefficient (Wildman–Crippen LogP) is 4.37. The van der Waals surface area contributed by atoms with Crippen molar-refractivity contribution in [2.45, 2.75) is 57.5 Å². The van der Waals surface area contributed by atoms with E-state index < -0.39 is 10.0 Å². The van der Waals surface area contributed by atoms with E-state index in [1.165, 1.54) is 0 Å². The third-order valence-corrected chi connectivity index (χ3v) is 6.86. The Balaban J connectivity index is 2.47. The van der Waals surface area contributed by atoms with Crippen LogP contribution in [-0.2, 0) is 16.6 Å². The number of sulfonamides is 1. The van der Waals surface area contributed by atoms with Crippen LogP contribution >= 0.6 is 0 Å². The first kappa shape index (κ1) is 21.6. The zero-order valence-corrected chi connectivity index (χ0v) is 17.3. The fourth-order valence-electron chi connectivity index (χ4n) is 3.24. The number of nitrogens with zero attached hydrogens (tertiary/aromatic N) is 1. The summed E-state index contributed by atoms with van der Waals surface area (Å²) in [5.74, 6) is -0.138. The van der Waals surface area contributed by atoms with E-state index in [-0.39, 0.29) is 18.6 Å². The highest BCUT2D eigenvalue weighted by Gasteiger charge is 2.34. The SMILES string of the molecule is CCCC[C@@H]([C@@H](C)CO)N(Cc1ccccc1)S(=O)(=O)c1ccc(C)cc1. The molecule has 2 rings (SSSR count). The molecule has 0 heterocycles. The third kappa shape index (κ3) is 5.64. The quantitative estimate of drug-likeness (QED) is 0.656. The van der Waals surface area contributed by atoms with Gasteiger partial charge in [0.05, 0.1) is 4.90 Å². The molecule has 0 aliphatic carbocycles. The van der Waals surface area contributed by atoms with E-state index in [9.17, 15) is 13.5 Å². The van der Waals surface area contributed by atoms with Crippen molar-refractivity contribution in [3.63, 3.8) is 0 Å². The first-order chi connectivity index (χ1) is 12.9. The molecule has 4 nitrogen and oxygen atoms in total. The maximum Gasteiger partial charge on any atom is 0.243 e. The zero-order valence-electron chi connectivity index (χ0n) is 16.5. The van der Waals surface area contributed by atoms with E-state index in [4.69, 9.17) is 0 Å². The standard InChI is InChI=1S/C22H31NO3S/c1-4-5-11-22(19(3)17-24)23(16-20-9-7-6-8-10-20)27(25,26)21-14-12-18(2)13-15-21/h6-10,12-15,19,22,24H,4-5,11,16-17H2,1-3H3/t19-,22-/m0/s1. The van der Waals surface area contributed by atoms with Gasteiger partial charge in [-0.25, -0.2) is 8.42 Å². The van der Waals surface area contributed by atoms with Crippen molar-refractivity contribution in [3.8, 4) is 0 Å². The van der Waals surface area contributed by atoms with E-state index in [1.807, 2.05) is 56.3 Å². The van der Waals surface area contributed by atoms with Crippen LogP contribution in [0.2, 0.25) is 0 Å². The van der Waals surface area contributed by atoms with Crippen molar-refractivity contribution in [1.82, 2.24) is 4.31 Å². The van der Waals surface area contributed by atoms with E-state index in [2.05, 4.69) is 6.92 Å². The summed E-state index contributed by atoms with van der Waals surface area (Å²) in [5.41, 5.74) is 1.97. The van der Waals surface area contributed by atoms with Gasteiger partial charge in [-0.05, 0) is 37.0 Å². The van der Waals surface area contributed by atoms with Crippen molar-refractivity contribution < 1.29 is 13.5 Å². The molecule has 148 valence electrons. The normalized spacial score (nSPS) is 14.3. The van der Waals surface area contributed by atoms with Gasteiger partial charge >= 0.3 is 0 Å². The molecule has 0 spiro atoms. The van der Waals surface area contributed by atoms with Crippen molar-refractivity contribution in [3.05, 3.63) is 65.7 Å². The Labute approximate surface area is 163 Å². The lowest BCUT2D eigenvalue weighted by atomic mass is 9.97. The van der Waals surface area contributed by atoms with Gasteiger partial charge in [0.2, 0.25) is 10.0 Å². The Bertz CT molecular complexity index is 788. The molecule has 0 amide bonds. The summed E-state index contributed by atoms with van der Waals surface area (Å²) >= 11 is 0. The minimum absolute atomic E-state index is 0.0386. The fraction of sp³-hybridized carbons (Fsp3) is 0.455. The minimum atomic E-state index is -3.68. The highest BCUT2D eigenvalue weighted by Crippen LogP contribution is 2.27. The lowest BCUT2D eigenvalue weighted by Crippen LogP contribution is -2.44. The van der Waals surface area contributed by atoms with Crippen molar-refractivity contribution >= 4 is 10.0 Å². The maximum absolute atomic E-state index is 13.5. The van der Waals surface area contributed by atoms with E-state index in [1.54, 1.807) is 16.4 Å². The van der Waals surface area contributed by atoms with Crippen molar-refractivity contribution in [1.29, 1.82) is 0 Å². The van der Waals surface area contributed by atoms with Gasteiger partial charge in [0.15, 0.2) is 0 Å². The van der Waals surface area contributed by atoms with Gasteiger partial charge in [-0.2, -0.15) is 4.31 Å². The molecule has 27 heavy (non-hydrogen) atoms. The molecule has 0 saturated carbocycles.